The van der Waals surface area contributed by atoms with Gasteiger partial charge in [-0.25, -0.2) is 4.79 Å². The third kappa shape index (κ3) is 5.07. The Hall–Kier alpha value is -1.93. The van der Waals surface area contributed by atoms with Gasteiger partial charge in [0.25, 0.3) is 5.91 Å². The number of quaternary nitrogens is 1. The van der Waals surface area contributed by atoms with Gasteiger partial charge in [-0.2, -0.15) is 0 Å². The number of halogens is 1. The minimum atomic E-state index is -0.447. The van der Waals surface area contributed by atoms with E-state index in [9.17, 15) is 9.59 Å². The molecule has 144 valence electrons. The lowest BCUT2D eigenvalue weighted by Crippen LogP contribution is -3.15. The summed E-state index contributed by atoms with van der Waals surface area (Å²) in [6.45, 7) is 5.30. The summed E-state index contributed by atoms with van der Waals surface area (Å²) in [6.07, 6.45) is 0. The molecule has 8 heteroatoms. The topological polar surface area (TPSA) is 69.1 Å². The summed E-state index contributed by atoms with van der Waals surface area (Å²) >= 11 is 7.28. The van der Waals surface area contributed by atoms with Crippen molar-refractivity contribution in [2.45, 2.75) is 6.92 Å². The Labute approximate surface area is 167 Å². The molecule has 1 aliphatic rings. The average Bonchev–Trinajstić information content (AvgIpc) is 3.06. The van der Waals surface area contributed by atoms with Crippen LogP contribution in [-0.2, 0) is 14.3 Å². The molecule has 2 aromatic rings. The first-order chi connectivity index (χ1) is 13.1. The molecule has 1 saturated heterocycles. The summed E-state index contributed by atoms with van der Waals surface area (Å²) in [7, 11) is 0. The first kappa shape index (κ1) is 19.8. The fraction of sp³-hybridized carbons (Fsp3) is 0.368. The average molecular weight is 410 g/mol. The number of hydrogen-bond donors (Lipinski definition) is 2. The van der Waals surface area contributed by atoms with Crippen LogP contribution in [0.1, 0.15) is 17.3 Å². The number of morpholine rings is 1. The van der Waals surface area contributed by atoms with E-state index in [1.54, 1.807) is 19.1 Å². The van der Waals surface area contributed by atoms with Crippen LogP contribution >= 0.6 is 22.9 Å². The molecular weight excluding hydrogens is 388 g/mol. The van der Waals surface area contributed by atoms with Gasteiger partial charge in [0.05, 0.1) is 19.8 Å². The number of rotatable bonds is 6. The molecule has 0 unspecified atom stereocenters. The van der Waals surface area contributed by atoms with Crippen LogP contribution in [0.25, 0.3) is 11.1 Å². The smallest absolute Gasteiger partial charge is 0.341 e. The number of nitrogens with one attached hydrogen (secondary N) is 2. The number of amides is 1. The maximum Gasteiger partial charge on any atom is 0.341 e. The van der Waals surface area contributed by atoms with E-state index in [1.807, 2.05) is 17.5 Å². The van der Waals surface area contributed by atoms with Gasteiger partial charge in [-0.05, 0) is 24.6 Å². The van der Waals surface area contributed by atoms with Crippen LogP contribution in [0.15, 0.2) is 29.6 Å². The first-order valence-corrected chi connectivity index (χ1v) is 10.1. The maximum atomic E-state index is 12.5. The molecule has 1 fully saturated rings. The highest BCUT2D eigenvalue weighted by atomic mass is 35.5. The summed E-state index contributed by atoms with van der Waals surface area (Å²) in [4.78, 5) is 26.2. The molecule has 0 aliphatic carbocycles. The largest absolute Gasteiger partial charge is 0.462 e. The number of carbonyl (C=O) groups is 2. The zero-order valence-electron chi connectivity index (χ0n) is 15.0. The SMILES string of the molecule is CCOC(=O)c1c(-c2ccc(Cl)cc2)csc1NC(=O)C[NH+]1CCOCC1. The minimum Gasteiger partial charge on any atom is -0.462 e. The number of thiophene rings is 1. The molecule has 0 bridgehead atoms. The quantitative estimate of drug-likeness (QED) is 0.717. The van der Waals surface area contributed by atoms with Crippen molar-refractivity contribution in [2.75, 3.05) is 44.8 Å². The molecule has 2 N–H and O–H groups in total. The summed E-state index contributed by atoms with van der Waals surface area (Å²) < 4.78 is 10.5. The second-order valence-corrected chi connectivity index (χ2v) is 7.48. The van der Waals surface area contributed by atoms with E-state index < -0.39 is 5.97 Å². The summed E-state index contributed by atoms with van der Waals surface area (Å²) in [5.74, 6) is -0.570. The molecule has 27 heavy (non-hydrogen) atoms. The fourth-order valence-corrected chi connectivity index (χ4v) is 4.03. The molecule has 0 atom stereocenters. The lowest BCUT2D eigenvalue weighted by atomic mass is 10.0. The Balaban J connectivity index is 1.82. The molecule has 0 saturated carbocycles. The number of esters is 1. The summed E-state index contributed by atoms with van der Waals surface area (Å²) in [6, 6.07) is 7.22. The normalized spacial score (nSPS) is 14.7. The Morgan fingerprint density at radius 3 is 2.63 bits per heavy atom. The van der Waals surface area contributed by atoms with Crippen LogP contribution < -0.4 is 10.2 Å². The van der Waals surface area contributed by atoms with Crippen molar-refractivity contribution >= 4 is 39.8 Å². The molecule has 1 amide bonds. The highest BCUT2D eigenvalue weighted by Gasteiger charge is 2.24. The van der Waals surface area contributed by atoms with E-state index in [0.717, 1.165) is 24.2 Å². The van der Waals surface area contributed by atoms with Crippen molar-refractivity contribution in [3.05, 3.63) is 40.2 Å². The molecule has 1 aromatic heterocycles. The highest BCUT2D eigenvalue weighted by molar-refractivity contribution is 7.15. The number of carbonyl (C=O) groups excluding carboxylic acids is 2. The van der Waals surface area contributed by atoms with Crippen molar-refractivity contribution in [1.29, 1.82) is 0 Å². The molecule has 6 nitrogen and oxygen atoms in total. The van der Waals surface area contributed by atoms with E-state index in [2.05, 4.69) is 5.32 Å². The van der Waals surface area contributed by atoms with Crippen LogP contribution in [0.3, 0.4) is 0 Å². The van der Waals surface area contributed by atoms with Gasteiger partial charge in [-0.3, -0.25) is 4.79 Å². The van der Waals surface area contributed by atoms with Crippen molar-refractivity contribution in [2.24, 2.45) is 0 Å². The fourth-order valence-electron chi connectivity index (χ4n) is 2.93. The molecule has 2 heterocycles. The Kier molecular flexibility index (Phi) is 6.84. The van der Waals surface area contributed by atoms with E-state index in [0.29, 0.717) is 35.3 Å². The molecule has 0 radical (unpaired) electrons. The summed E-state index contributed by atoms with van der Waals surface area (Å²) in [5, 5.41) is 5.87. The van der Waals surface area contributed by atoms with Crippen molar-refractivity contribution in [3.8, 4) is 11.1 Å². The monoisotopic (exact) mass is 409 g/mol. The summed E-state index contributed by atoms with van der Waals surface area (Å²) in [5.41, 5.74) is 1.96. The highest BCUT2D eigenvalue weighted by Crippen LogP contribution is 2.36. The Bertz CT molecular complexity index is 801. The van der Waals surface area contributed by atoms with Crippen LogP contribution in [0.4, 0.5) is 5.00 Å². The Morgan fingerprint density at radius 1 is 1.26 bits per heavy atom. The van der Waals surface area contributed by atoms with E-state index in [1.165, 1.54) is 16.2 Å². The van der Waals surface area contributed by atoms with Gasteiger partial charge in [0.2, 0.25) is 0 Å². The van der Waals surface area contributed by atoms with Crippen molar-refractivity contribution < 1.29 is 24.0 Å². The molecule has 1 aliphatic heterocycles. The van der Waals surface area contributed by atoms with Gasteiger partial charge < -0.3 is 19.7 Å². The minimum absolute atomic E-state index is 0.123. The van der Waals surface area contributed by atoms with Crippen LogP contribution in [0, 0.1) is 0 Å². The van der Waals surface area contributed by atoms with Gasteiger partial charge >= 0.3 is 5.97 Å². The number of hydrogen-bond acceptors (Lipinski definition) is 5. The predicted molar refractivity (Wildman–Crippen MR) is 106 cm³/mol. The Morgan fingerprint density at radius 2 is 1.96 bits per heavy atom. The third-order valence-electron chi connectivity index (χ3n) is 4.29. The molecular formula is C19H22ClN2O4S+. The zero-order chi connectivity index (χ0) is 19.2. The second kappa shape index (κ2) is 9.32. The standard InChI is InChI=1S/C19H21ClN2O4S/c1-2-26-19(24)17-15(13-3-5-14(20)6-4-13)12-27-18(17)21-16(23)11-22-7-9-25-10-8-22/h3-6,12H,2,7-11H2,1H3,(H,21,23)/p+1. The van der Waals surface area contributed by atoms with Gasteiger partial charge in [-0.1, -0.05) is 23.7 Å². The maximum absolute atomic E-state index is 12.5. The van der Waals surface area contributed by atoms with Gasteiger partial charge in [0.15, 0.2) is 6.54 Å². The number of benzene rings is 1. The van der Waals surface area contributed by atoms with Crippen molar-refractivity contribution in [1.82, 2.24) is 0 Å². The number of ether oxygens (including phenoxy) is 2. The lowest BCUT2D eigenvalue weighted by molar-refractivity contribution is -0.899. The first-order valence-electron chi connectivity index (χ1n) is 8.84. The van der Waals surface area contributed by atoms with Crippen molar-refractivity contribution in [3.63, 3.8) is 0 Å². The van der Waals surface area contributed by atoms with Gasteiger partial charge in [-0.15, -0.1) is 11.3 Å². The van der Waals surface area contributed by atoms with Crippen LogP contribution in [0.2, 0.25) is 5.02 Å². The van der Waals surface area contributed by atoms with Gasteiger partial charge in [0.1, 0.15) is 23.7 Å². The number of anilines is 1. The van der Waals surface area contributed by atoms with E-state index >= 15 is 0 Å². The molecule has 0 spiro atoms. The van der Waals surface area contributed by atoms with Crippen LogP contribution in [-0.4, -0.2) is 51.3 Å². The second-order valence-electron chi connectivity index (χ2n) is 6.17. The van der Waals surface area contributed by atoms with E-state index in [-0.39, 0.29) is 12.5 Å². The van der Waals surface area contributed by atoms with Crippen LogP contribution in [0.5, 0.6) is 0 Å². The third-order valence-corrected chi connectivity index (χ3v) is 5.44. The predicted octanol–water partition coefficient (Wildman–Crippen LogP) is 2.10. The van der Waals surface area contributed by atoms with E-state index in [4.69, 9.17) is 21.1 Å². The molecule has 1 aromatic carbocycles. The molecule has 3 rings (SSSR count). The zero-order valence-corrected chi connectivity index (χ0v) is 16.6. The van der Waals surface area contributed by atoms with Gasteiger partial charge in [0, 0.05) is 16.0 Å². The lowest BCUT2D eigenvalue weighted by Gasteiger charge is -2.23.